The molecule has 0 saturated heterocycles. The Morgan fingerprint density at radius 2 is 2.18 bits per heavy atom. The van der Waals surface area contributed by atoms with Gasteiger partial charge in [0.2, 0.25) is 0 Å². The summed E-state index contributed by atoms with van der Waals surface area (Å²) in [5.41, 5.74) is -1.10. The highest BCUT2D eigenvalue weighted by molar-refractivity contribution is 5.89. The Morgan fingerprint density at radius 3 is 2.65 bits per heavy atom. The molecule has 2 N–H and O–H groups in total. The number of aliphatic hydroxyl groups is 1. The lowest BCUT2D eigenvalue weighted by atomic mass is 9.86. The maximum Gasteiger partial charge on any atom is 0.339 e. The van der Waals surface area contributed by atoms with E-state index in [0.29, 0.717) is 6.42 Å². The number of rotatable bonds is 2. The number of hydrogen-bond donors (Lipinski definition) is 2. The third-order valence-electron chi connectivity index (χ3n) is 3.71. The second kappa shape index (κ2) is 3.60. The van der Waals surface area contributed by atoms with E-state index in [2.05, 4.69) is 13.8 Å². The number of carbonyl (C=O) groups is 1. The van der Waals surface area contributed by atoms with E-state index in [1.807, 2.05) is 6.92 Å². The van der Waals surface area contributed by atoms with Crippen LogP contribution in [0.3, 0.4) is 0 Å². The first-order chi connectivity index (χ1) is 7.76. The molecule has 0 aromatic carbocycles. The van der Waals surface area contributed by atoms with Crippen LogP contribution in [0.4, 0.5) is 0 Å². The first-order valence-electron chi connectivity index (χ1n) is 5.80. The predicted octanol–water partition coefficient (Wildman–Crippen LogP) is 2.62. The molecule has 1 aromatic heterocycles. The zero-order valence-corrected chi connectivity index (χ0v) is 10.4. The summed E-state index contributed by atoms with van der Waals surface area (Å²) >= 11 is 0. The fourth-order valence-corrected chi connectivity index (χ4v) is 3.09. The Morgan fingerprint density at radius 1 is 1.53 bits per heavy atom. The summed E-state index contributed by atoms with van der Waals surface area (Å²) < 4.78 is 5.25. The summed E-state index contributed by atoms with van der Waals surface area (Å²) in [5, 5.41) is 19.8. The van der Waals surface area contributed by atoms with Crippen molar-refractivity contribution in [3.63, 3.8) is 0 Å². The summed E-state index contributed by atoms with van der Waals surface area (Å²) in [6.45, 7) is 6.08. The second-order valence-corrected chi connectivity index (χ2v) is 5.84. The van der Waals surface area contributed by atoms with Gasteiger partial charge in [0.1, 0.15) is 16.9 Å². The molecule has 1 aromatic rings. The maximum absolute atomic E-state index is 11.1. The van der Waals surface area contributed by atoms with Gasteiger partial charge in [0.05, 0.1) is 6.26 Å². The van der Waals surface area contributed by atoms with Gasteiger partial charge in [-0.3, -0.25) is 0 Å². The summed E-state index contributed by atoms with van der Waals surface area (Å²) in [6.07, 6.45) is 2.70. The van der Waals surface area contributed by atoms with Crippen LogP contribution in [0, 0.1) is 11.3 Å². The van der Waals surface area contributed by atoms with Crippen LogP contribution in [0.15, 0.2) is 16.7 Å². The Bertz CT molecular complexity index is 446. The van der Waals surface area contributed by atoms with Crippen LogP contribution in [0.25, 0.3) is 0 Å². The van der Waals surface area contributed by atoms with E-state index in [1.54, 1.807) is 0 Å². The van der Waals surface area contributed by atoms with Crippen molar-refractivity contribution < 1.29 is 19.4 Å². The molecule has 4 nitrogen and oxygen atoms in total. The fourth-order valence-electron chi connectivity index (χ4n) is 3.09. The number of carboxylic acid groups (broad SMARTS) is 1. The first-order valence-corrected chi connectivity index (χ1v) is 5.80. The van der Waals surface area contributed by atoms with E-state index >= 15 is 0 Å². The van der Waals surface area contributed by atoms with Crippen LogP contribution in [-0.2, 0) is 5.60 Å². The molecule has 1 heterocycles. The van der Waals surface area contributed by atoms with Crippen LogP contribution in [0.5, 0.6) is 0 Å². The van der Waals surface area contributed by atoms with Gasteiger partial charge in [0, 0.05) is 0 Å². The van der Waals surface area contributed by atoms with Crippen molar-refractivity contribution in [3.05, 3.63) is 23.7 Å². The molecule has 4 heteroatoms. The molecular formula is C13H18O4. The average Bonchev–Trinajstić information content (AvgIpc) is 2.70. The fraction of sp³-hybridized carbons (Fsp3) is 0.615. The quantitative estimate of drug-likeness (QED) is 0.830. The summed E-state index contributed by atoms with van der Waals surface area (Å²) in [6, 6.07) is 1.40. The van der Waals surface area contributed by atoms with Crippen molar-refractivity contribution in [2.75, 3.05) is 0 Å². The molecule has 0 spiro atoms. The molecule has 0 bridgehead atoms. The lowest BCUT2D eigenvalue weighted by Crippen LogP contribution is -2.30. The van der Waals surface area contributed by atoms with E-state index < -0.39 is 11.6 Å². The van der Waals surface area contributed by atoms with E-state index in [1.165, 1.54) is 12.3 Å². The monoisotopic (exact) mass is 238 g/mol. The van der Waals surface area contributed by atoms with Gasteiger partial charge >= 0.3 is 5.97 Å². The van der Waals surface area contributed by atoms with Crippen LogP contribution < -0.4 is 0 Å². The van der Waals surface area contributed by atoms with Gasteiger partial charge in [0.15, 0.2) is 0 Å². The normalized spacial score (nSPS) is 31.6. The highest BCUT2D eigenvalue weighted by atomic mass is 16.4. The summed E-state index contributed by atoms with van der Waals surface area (Å²) in [5.74, 6) is -0.871. The lowest BCUT2D eigenvalue weighted by molar-refractivity contribution is -0.0219. The van der Waals surface area contributed by atoms with Gasteiger partial charge < -0.3 is 14.6 Å². The highest BCUT2D eigenvalue weighted by Crippen LogP contribution is 2.53. The molecule has 2 rings (SSSR count). The average molecular weight is 238 g/mol. The predicted molar refractivity (Wildman–Crippen MR) is 61.7 cm³/mol. The first kappa shape index (κ1) is 12.2. The highest BCUT2D eigenvalue weighted by Gasteiger charge is 2.51. The summed E-state index contributed by atoms with van der Waals surface area (Å²) in [7, 11) is 0. The van der Waals surface area contributed by atoms with Gasteiger partial charge in [-0.15, -0.1) is 0 Å². The molecule has 0 amide bonds. The van der Waals surface area contributed by atoms with Crippen molar-refractivity contribution in [1.82, 2.24) is 0 Å². The van der Waals surface area contributed by atoms with E-state index in [4.69, 9.17) is 9.52 Å². The second-order valence-electron chi connectivity index (χ2n) is 5.84. The minimum absolute atomic E-state index is 0.00324. The van der Waals surface area contributed by atoms with Crippen molar-refractivity contribution in [2.24, 2.45) is 11.3 Å². The molecule has 94 valence electrons. The van der Waals surface area contributed by atoms with E-state index in [9.17, 15) is 9.90 Å². The van der Waals surface area contributed by atoms with Crippen molar-refractivity contribution >= 4 is 5.97 Å². The van der Waals surface area contributed by atoms with Gasteiger partial charge in [-0.25, -0.2) is 4.79 Å². The van der Waals surface area contributed by atoms with E-state index in [0.717, 1.165) is 6.42 Å². The third kappa shape index (κ3) is 1.86. The number of carboxylic acids is 1. The zero-order valence-electron chi connectivity index (χ0n) is 10.4. The smallest absolute Gasteiger partial charge is 0.339 e. The molecule has 2 atom stereocenters. The molecule has 1 aliphatic carbocycles. The maximum atomic E-state index is 11.1. The summed E-state index contributed by atoms with van der Waals surface area (Å²) in [4.78, 5) is 11.1. The van der Waals surface area contributed by atoms with Gasteiger partial charge in [-0.2, -0.15) is 0 Å². The minimum Gasteiger partial charge on any atom is -0.478 e. The van der Waals surface area contributed by atoms with Gasteiger partial charge in [-0.1, -0.05) is 20.8 Å². The molecule has 0 radical (unpaired) electrons. The molecule has 2 unspecified atom stereocenters. The number of hydrogen-bond acceptors (Lipinski definition) is 3. The lowest BCUT2D eigenvalue weighted by Gasteiger charge is -2.26. The van der Waals surface area contributed by atoms with Crippen LogP contribution in [0.1, 0.15) is 49.7 Å². The minimum atomic E-state index is -1.17. The molecule has 1 saturated carbocycles. The Hall–Kier alpha value is -1.29. The Kier molecular flexibility index (Phi) is 2.58. The zero-order chi connectivity index (χ0) is 12.8. The van der Waals surface area contributed by atoms with Crippen molar-refractivity contribution in [3.8, 4) is 0 Å². The molecule has 1 fully saturated rings. The SMILES string of the molecule is CC1CC(C)(C)CC1(O)c1occc1C(=O)O. The van der Waals surface area contributed by atoms with Gasteiger partial charge in [-0.05, 0) is 30.2 Å². The van der Waals surface area contributed by atoms with Gasteiger partial charge in [0.25, 0.3) is 0 Å². The standard InChI is InChI=1S/C13H18O4/c1-8-6-12(2,3)7-13(8,16)10-9(11(14)15)4-5-17-10/h4-5,8,16H,6-7H2,1-3H3,(H,14,15). The van der Waals surface area contributed by atoms with Crippen LogP contribution in [-0.4, -0.2) is 16.2 Å². The molecular weight excluding hydrogens is 220 g/mol. The number of furan rings is 1. The number of aromatic carboxylic acids is 1. The van der Waals surface area contributed by atoms with Crippen molar-refractivity contribution in [2.45, 2.75) is 39.2 Å². The molecule has 1 aliphatic rings. The molecule has 17 heavy (non-hydrogen) atoms. The topological polar surface area (TPSA) is 70.7 Å². The molecule has 0 aliphatic heterocycles. The van der Waals surface area contributed by atoms with Crippen LogP contribution >= 0.6 is 0 Å². The van der Waals surface area contributed by atoms with Crippen LogP contribution in [0.2, 0.25) is 0 Å². The third-order valence-corrected chi connectivity index (χ3v) is 3.71. The largest absolute Gasteiger partial charge is 0.478 e. The Labute approximate surface area is 100 Å². The Balaban J connectivity index is 2.45. The van der Waals surface area contributed by atoms with E-state index in [-0.39, 0.29) is 22.7 Å². The van der Waals surface area contributed by atoms with Crippen molar-refractivity contribution in [1.29, 1.82) is 0 Å².